The van der Waals surface area contributed by atoms with E-state index in [1.807, 2.05) is 36.5 Å². The number of likely N-dealkylation sites (N-methyl/N-ethyl adjacent to an activating group) is 1. The lowest BCUT2D eigenvalue weighted by Gasteiger charge is -2.34. The smallest absolute Gasteiger partial charge is 0.176 e. The van der Waals surface area contributed by atoms with Crippen LogP contribution in [0.5, 0.6) is 5.75 Å². The van der Waals surface area contributed by atoms with Crippen LogP contribution in [0.3, 0.4) is 0 Å². The van der Waals surface area contributed by atoms with Crippen molar-refractivity contribution in [3.05, 3.63) is 42.8 Å². The number of aliphatic hydroxyl groups is 1. The molecule has 3 heterocycles. The summed E-state index contributed by atoms with van der Waals surface area (Å²) in [5, 5.41) is 10.6. The van der Waals surface area contributed by atoms with Gasteiger partial charge in [0.25, 0.3) is 0 Å². The van der Waals surface area contributed by atoms with Crippen LogP contribution in [0.4, 0.5) is 5.82 Å². The third kappa shape index (κ3) is 3.70. The predicted molar refractivity (Wildman–Crippen MR) is 111 cm³/mol. The number of hydrogen-bond acceptors (Lipinski definition) is 6. The Balaban J connectivity index is 1.69. The Morgan fingerprint density at radius 3 is 2.68 bits per heavy atom. The summed E-state index contributed by atoms with van der Waals surface area (Å²) in [6.07, 6.45) is 3.11. The number of para-hydroxylation sites is 1. The van der Waals surface area contributed by atoms with Gasteiger partial charge in [0.2, 0.25) is 0 Å². The van der Waals surface area contributed by atoms with E-state index in [1.54, 1.807) is 13.2 Å². The van der Waals surface area contributed by atoms with E-state index < -0.39 is 6.10 Å². The number of nitrogens with zero attached hydrogens (tertiary/aromatic N) is 3. The number of anilines is 1. The van der Waals surface area contributed by atoms with Gasteiger partial charge >= 0.3 is 0 Å². The predicted octanol–water partition coefficient (Wildman–Crippen LogP) is 3.40. The standard InChI is InChI=1S/C22H27N3O3/c1-3-24-9-11-25(12-10-24)22-21-18(8-13-27-21)19(14-23-22)17-6-4-5-7-20(17)28-15-16(2)26/h4-8,13-14,16,26H,3,9-12,15H2,1-2H3. The maximum Gasteiger partial charge on any atom is 0.176 e. The first-order chi connectivity index (χ1) is 13.7. The molecule has 148 valence electrons. The van der Waals surface area contributed by atoms with Crippen LogP contribution in [0, 0.1) is 0 Å². The molecule has 0 saturated carbocycles. The molecule has 3 aromatic rings. The van der Waals surface area contributed by atoms with Crippen molar-refractivity contribution < 1.29 is 14.3 Å². The number of furan rings is 1. The normalized spacial score (nSPS) is 16.5. The molecule has 0 bridgehead atoms. The first kappa shape index (κ1) is 18.8. The van der Waals surface area contributed by atoms with Gasteiger partial charge in [-0.1, -0.05) is 25.1 Å². The van der Waals surface area contributed by atoms with E-state index in [-0.39, 0.29) is 6.61 Å². The summed E-state index contributed by atoms with van der Waals surface area (Å²) in [6.45, 7) is 9.22. The van der Waals surface area contributed by atoms with E-state index in [0.29, 0.717) is 0 Å². The molecule has 1 N–H and O–H groups in total. The fraction of sp³-hybridized carbons (Fsp3) is 0.409. The summed E-state index contributed by atoms with van der Waals surface area (Å²) in [7, 11) is 0. The van der Waals surface area contributed by atoms with Crippen LogP contribution in [0.1, 0.15) is 13.8 Å². The van der Waals surface area contributed by atoms with Gasteiger partial charge in [0, 0.05) is 48.9 Å². The first-order valence-corrected chi connectivity index (χ1v) is 9.91. The zero-order valence-corrected chi connectivity index (χ0v) is 16.5. The molecule has 2 aromatic heterocycles. The highest BCUT2D eigenvalue weighted by molar-refractivity contribution is 5.99. The fourth-order valence-corrected chi connectivity index (χ4v) is 3.69. The zero-order valence-electron chi connectivity index (χ0n) is 16.5. The third-order valence-electron chi connectivity index (χ3n) is 5.25. The maximum atomic E-state index is 9.57. The first-order valence-electron chi connectivity index (χ1n) is 9.91. The molecule has 1 atom stereocenters. The van der Waals surface area contributed by atoms with Gasteiger partial charge in [-0.15, -0.1) is 0 Å². The Kier molecular flexibility index (Phi) is 5.50. The van der Waals surface area contributed by atoms with Crippen molar-refractivity contribution in [3.63, 3.8) is 0 Å². The number of aromatic nitrogens is 1. The van der Waals surface area contributed by atoms with Crippen molar-refractivity contribution in [1.82, 2.24) is 9.88 Å². The molecule has 0 radical (unpaired) electrons. The van der Waals surface area contributed by atoms with Crippen LogP contribution in [-0.4, -0.2) is 60.4 Å². The second-order valence-corrected chi connectivity index (χ2v) is 7.24. The average Bonchev–Trinajstić information content (AvgIpc) is 3.22. The molecular weight excluding hydrogens is 354 g/mol. The van der Waals surface area contributed by atoms with Crippen LogP contribution in [0.2, 0.25) is 0 Å². The number of pyridine rings is 1. The molecule has 1 aliphatic heterocycles. The number of fused-ring (bicyclic) bond motifs is 1. The van der Waals surface area contributed by atoms with Gasteiger partial charge in [0.05, 0.1) is 12.4 Å². The molecular formula is C22H27N3O3. The lowest BCUT2D eigenvalue weighted by molar-refractivity contribution is 0.123. The van der Waals surface area contributed by atoms with E-state index in [9.17, 15) is 5.11 Å². The molecule has 1 unspecified atom stereocenters. The van der Waals surface area contributed by atoms with Crippen molar-refractivity contribution in [2.75, 3.05) is 44.2 Å². The lowest BCUT2D eigenvalue weighted by Crippen LogP contribution is -2.46. The number of hydrogen-bond donors (Lipinski definition) is 1. The second kappa shape index (κ2) is 8.20. The van der Waals surface area contributed by atoms with Gasteiger partial charge in [-0.25, -0.2) is 4.98 Å². The minimum atomic E-state index is -0.524. The zero-order chi connectivity index (χ0) is 19.5. The van der Waals surface area contributed by atoms with Crippen LogP contribution < -0.4 is 9.64 Å². The molecule has 0 aliphatic carbocycles. The minimum absolute atomic E-state index is 0.249. The third-order valence-corrected chi connectivity index (χ3v) is 5.25. The van der Waals surface area contributed by atoms with Crippen molar-refractivity contribution >= 4 is 16.8 Å². The second-order valence-electron chi connectivity index (χ2n) is 7.24. The van der Waals surface area contributed by atoms with E-state index in [0.717, 1.165) is 66.4 Å². The van der Waals surface area contributed by atoms with Gasteiger partial charge in [0.1, 0.15) is 12.4 Å². The number of aliphatic hydroxyl groups excluding tert-OH is 1. The minimum Gasteiger partial charge on any atom is -0.490 e. The highest BCUT2D eigenvalue weighted by Gasteiger charge is 2.22. The van der Waals surface area contributed by atoms with Crippen LogP contribution in [-0.2, 0) is 0 Å². The van der Waals surface area contributed by atoms with Crippen molar-refractivity contribution in [2.45, 2.75) is 20.0 Å². The summed E-state index contributed by atoms with van der Waals surface area (Å²) in [5.74, 6) is 1.64. The molecule has 1 aromatic carbocycles. The summed E-state index contributed by atoms with van der Waals surface area (Å²) >= 11 is 0. The molecule has 28 heavy (non-hydrogen) atoms. The largest absolute Gasteiger partial charge is 0.490 e. The Bertz CT molecular complexity index is 930. The topological polar surface area (TPSA) is 62.0 Å². The van der Waals surface area contributed by atoms with E-state index in [1.165, 1.54) is 0 Å². The number of benzene rings is 1. The van der Waals surface area contributed by atoms with E-state index >= 15 is 0 Å². The Hall–Kier alpha value is -2.57. The molecule has 1 saturated heterocycles. The van der Waals surface area contributed by atoms with Crippen molar-refractivity contribution in [1.29, 1.82) is 0 Å². The van der Waals surface area contributed by atoms with E-state index in [2.05, 4.69) is 16.7 Å². The molecule has 1 aliphatic rings. The van der Waals surface area contributed by atoms with Crippen molar-refractivity contribution in [2.24, 2.45) is 0 Å². The average molecular weight is 381 g/mol. The van der Waals surface area contributed by atoms with Crippen LogP contribution in [0.25, 0.3) is 22.1 Å². The molecule has 6 heteroatoms. The Morgan fingerprint density at radius 1 is 1.14 bits per heavy atom. The van der Waals surface area contributed by atoms with Gasteiger partial charge in [-0.05, 0) is 25.6 Å². The fourth-order valence-electron chi connectivity index (χ4n) is 3.69. The molecule has 0 amide bonds. The molecule has 0 spiro atoms. The van der Waals surface area contributed by atoms with E-state index in [4.69, 9.17) is 14.1 Å². The van der Waals surface area contributed by atoms with Crippen LogP contribution in [0.15, 0.2) is 47.2 Å². The van der Waals surface area contributed by atoms with Gasteiger partial charge in [-0.3, -0.25) is 0 Å². The number of rotatable bonds is 6. The molecule has 6 nitrogen and oxygen atoms in total. The molecule has 4 rings (SSSR count). The summed E-state index contributed by atoms with van der Waals surface area (Å²) in [5.41, 5.74) is 2.73. The Labute approximate surface area is 165 Å². The molecule has 1 fully saturated rings. The monoisotopic (exact) mass is 381 g/mol. The van der Waals surface area contributed by atoms with Crippen LogP contribution >= 0.6 is 0 Å². The van der Waals surface area contributed by atoms with Crippen molar-refractivity contribution in [3.8, 4) is 16.9 Å². The maximum absolute atomic E-state index is 9.57. The lowest BCUT2D eigenvalue weighted by atomic mass is 10.0. The van der Waals surface area contributed by atoms with Gasteiger partial charge in [0.15, 0.2) is 11.4 Å². The highest BCUT2D eigenvalue weighted by Crippen LogP contribution is 2.38. The summed E-state index contributed by atoms with van der Waals surface area (Å²) in [6, 6.07) is 9.84. The SMILES string of the molecule is CCN1CCN(c2ncc(-c3ccccc3OCC(C)O)c3ccoc23)CC1. The number of piperazine rings is 1. The van der Waals surface area contributed by atoms with Gasteiger partial charge < -0.3 is 24.1 Å². The Morgan fingerprint density at radius 2 is 1.93 bits per heavy atom. The summed E-state index contributed by atoms with van der Waals surface area (Å²) < 4.78 is 11.7. The van der Waals surface area contributed by atoms with Gasteiger partial charge in [-0.2, -0.15) is 0 Å². The number of ether oxygens (including phenoxy) is 1. The summed E-state index contributed by atoms with van der Waals surface area (Å²) in [4.78, 5) is 9.52. The highest BCUT2D eigenvalue weighted by atomic mass is 16.5. The quantitative estimate of drug-likeness (QED) is 0.706.